The molecule has 4 nitrogen and oxygen atoms in total. The molecule has 0 fully saturated rings. The summed E-state index contributed by atoms with van der Waals surface area (Å²) in [5.74, 6) is 0. The first kappa shape index (κ1) is 29.2. The molecule has 9 heteroatoms. The van der Waals surface area contributed by atoms with Crippen LogP contribution in [0.2, 0.25) is 0 Å². The molecule has 9 heavy (non-hydrogen) atoms. The summed E-state index contributed by atoms with van der Waals surface area (Å²) >= 11 is 0. The van der Waals surface area contributed by atoms with Gasteiger partial charge in [-0.05, 0) is 0 Å². The molecule has 0 atom stereocenters. The molecular weight excluding hydrogens is 203 g/mol. The monoisotopic (exact) mass is 203 g/mol. The van der Waals surface area contributed by atoms with Crippen LogP contribution in [0.4, 0.5) is 0 Å². The fraction of sp³-hybridized carbons (Fsp3) is 0. The third kappa shape index (κ3) is 65.3. The zero-order valence-corrected chi connectivity index (χ0v) is 16.1. The molecule has 0 aliphatic heterocycles. The van der Waals surface area contributed by atoms with E-state index in [1.807, 2.05) is 0 Å². The van der Waals surface area contributed by atoms with Crippen molar-refractivity contribution in [1.82, 2.24) is 0 Å². The Labute approximate surface area is 162 Å². The summed E-state index contributed by atoms with van der Waals surface area (Å²) in [5.41, 5.74) is 0. The van der Waals surface area contributed by atoms with Gasteiger partial charge in [-0.1, -0.05) is 0 Å². The largest absolute Gasteiger partial charge is 1.00 e. The third-order valence-corrected chi connectivity index (χ3v) is 0. The van der Waals surface area contributed by atoms with Gasteiger partial charge in [0.2, 0.25) is 0 Å². The molecule has 0 amide bonds. The van der Waals surface area contributed by atoms with Gasteiger partial charge < -0.3 is 19.2 Å². The van der Waals surface area contributed by atoms with Crippen molar-refractivity contribution in [1.29, 1.82) is 0 Å². The Kier molecular flexibility index (Phi) is 49.4. The second-order valence-corrected chi connectivity index (χ2v) is 1.34. The Morgan fingerprint density at radius 1 is 0.889 bits per heavy atom. The molecule has 0 radical (unpaired) electrons. The third-order valence-electron chi connectivity index (χ3n) is 0. The van der Waals surface area contributed by atoms with E-state index in [0.717, 1.165) is 0 Å². The molecule has 0 aromatic rings. The maximum Gasteiger partial charge on any atom is 1.00 e. The van der Waals surface area contributed by atoms with Gasteiger partial charge in [-0.25, -0.2) is 0 Å². The van der Waals surface area contributed by atoms with E-state index in [4.69, 9.17) is 19.2 Å². The second kappa shape index (κ2) is 15.2. The van der Waals surface area contributed by atoms with Crippen LogP contribution in [-0.4, -0.2) is 0 Å². The fourth-order valence-electron chi connectivity index (χ4n) is 0. The Morgan fingerprint density at radius 2 is 0.889 bits per heavy atom. The van der Waals surface area contributed by atoms with Crippen LogP contribution in [0.3, 0.4) is 0 Å². The topological polar surface area (TPSA) is 86.2 Å². The zero-order valence-electron chi connectivity index (χ0n) is 6.08. The van der Waals surface area contributed by atoms with E-state index in [-0.39, 0.29) is 140 Å². The van der Waals surface area contributed by atoms with Gasteiger partial charge in [0.15, 0.2) is 0 Å². The Bertz CT molecular complexity index is 61.9. The van der Waals surface area contributed by atoms with E-state index in [0.29, 0.717) is 0 Å². The molecule has 0 aromatic heterocycles. The van der Waals surface area contributed by atoms with Crippen molar-refractivity contribution in [3.63, 3.8) is 0 Å². The summed E-state index contributed by atoms with van der Waals surface area (Å²) < 4.78 is 8.55. The van der Waals surface area contributed by atoms with Crippen molar-refractivity contribution in [2.75, 3.05) is 0 Å². The molecule has 32 valence electrons. The molecule has 0 saturated carbocycles. The van der Waals surface area contributed by atoms with Gasteiger partial charge >= 0.3 is 140 Å². The molecule has 0 aliphatic carbocycles. The van der Waals surface area contributed by atoms with Crippen molar-refractivity contribution in [3.8, 4) is 0 Å². The van der Waals surface area contributed by atoms with E-state index in [1.165, 1.54) is 0 Å². The van der Waals surface area contributed by atoms with Crippen LogP contribution in [0.25, 0.3) is 0 Å². The number of phosphoric acid groups is 1. The van der Waals surface area contributed by atoms with Gasteiger partial charge in [0, 0.05) is 0 Å². The first-order valence-electron chi connectivity index (χ1n) is 0.730. The van der Waals surface area contributed by atoms with Crippen molar-refractivity contribution < 1.29 is 159 Å². The van der Waals surface area contributed by atoms with E-state index in [2.05, 4.69) is 0 Å². The van der Waals surface area contributed by atoms with Crippen molar-refractivity contribution in [2.45, 2.75) is 0 Å². The zero-order chi connectivity index (χ0) is 4.50. The Morgan fingerprint density at radius 3 is 0.889 bits per heavy atom. The maximum absolute atomic E-state index is 8.55. The van der Waals surface area contributed by atoms with Gasteiger partial charge in [-0.3, -0.25) is 0 Å². The average molecular weight is 203 g/mol. The van der Waals surface area contributed by atoms with E-state index in [9.17, 15) is 0 Å². The Balaban J connectivity index is -0.0000000133. The van der Waals surface area contributed by atoms with E-state index < -0.39 is 7.82 Å². The van der Waals surface area contributed by atoms with Gasteiger partial charge in [0.1, 0.15) is 0 Å². The molecule has 0 aromatic carbocycles. The van der Waals surface area contributed by atoms with Gasteiger partial charge in [-0.15, -0.1) is 0 Å². The molecule has 0 aliphatic rings. The van der Waals surface area contributed by atoms with Crippen LogP contribution >= 0.6 is 7.82 Å². The summed E-state index contributed by atoms with van der Waals surface area (Å²) in [6.07, 6.45) is 0. The van der Waals surface area contributed by atoms with E-state index in [1.54, 1.807) is 0 Å². The normalized spacial score (nSPS) is 6.56. The molecule has 0 bridgehead atoms. The van der Waals surface area contributed by atoms with Crippen LogP contribution in [0.15, 0.2) is 0 Å². The summed E-state index contributed by atoms with van der Waals surface area (Å²) in [4.78, 5) is 25.6. The molecular formula is KNa3O4P+. The van der Waals surface area contributed by atoms with Crippen molar-refractivity contribution in [2.24, 2.45) is 0 Å². The summed E-state index contributed by atoms with van der Waals surface area (Å²) in [6, 6.07) is 0. The summed E-state index contributed by atoms with van der Waals surface area (Å²) in [6.45, 7) is 0. The molecule has 0 rings (SSSR count). The molecule has 0 unspecified atom stereocenters. The SMILES string of the molecule is O=P([O-])([O-])[O-].[K+].[Na+].[Na+].[Na+]. The van der Waals surface area contributed by atoms with Crippen LogP contribution < -0.4 is 155 Å². The minimum atomic E-state index is -5.39. The van der Waals surface area contributed by atoms with Gasteiger partial charge in [-0.2, -0.15) is 7.82 Å². The van der Waals surface area contributed by atoms with Crippen LogP contribution in [0.1, 0.15) is 0 Å². The molecule has 0 N–H and O–H groups in total. The smallest absolute Gasteiger partial charge is 0.822 e. The van der Waals surface area contributed by atoms with Crippen molar-refractivity contribution in [3.05, 3.63) is 0 Å². The number of hydrogen-bond acceptors (Lipinski definition) is 4. The summed E-state index contributed by atoms with van der Waals surface area (Å²) in [5, 5.41) is 0. The second-order valence-electron chi connectivity index (χ2n) is 0.447. The first-order valence-corrected chi connectivity index (χ1v) is 2.19. The minimum absolute atomic E-state index is 0. The van der Waals surface area contributed by atoms with E-state index >= 15 is 0 Å². The maximum atomic E-state index is 8.55. The minimum Gasteiger partial charge on any atom is -0.822 e. The predicted molar refractivity (Wildman–Crippen MR) is 7.61 cm³/mol. The summed E-state index contributed by atoms with van der Waals surface area (Å²) in [7, 11) is -5.39. The van der Waals surface area contributed by atoms with Crippen molar-refractivity contribution >= 4 is 7.82 Å². The molecule has 0 spiro atoms. The van der Waals surface area contributed by atoms with Crippen LogP contribution in [-0.2, 0) is 4.57 Å². The molecule has 0 saturated heterocycles. The fourth-order valence-corrected chi connectivity index (χ4v) is 0. The standard InChI is InChI=1S/K.3Na.H3O4P/c;;;;1-5(2,3)4/h;;;;(H3,1,2,3,4)/q4*+1;/p-3. The van der Waals surface area contributed by atoms with Gasteiger partial charge in [0.25, 0.3) is 0 Å². The predicted octanol–water partition coefficient (Wildman–Crippen LogP) is -14.8. The average Bonchev–Trinajstić information content (AvgIpc) is 0.722. The molecule has 0 heterocycles. The number of hydrogen-bond donors (Lipinski definition) is 0. The Hall–Kier alpha value is 4.75. The number of rotatable bonds is 0. The van der Waals surface area contributed by atoms with Crippen LogP contribution in [0, 0.1) is 0 Å². The van der Waals surface area contributed by atoms with Gasteiger partial charge in [0.05, 0.1) is 0 Å². The van der Waals surface area contributed by atoms with Crippen LogP contribution in [0.5, 0.6) is 0 Å². The quantitative estimate of drug-likeness (QED) is 0.289. The first-order chi connectivity index (χ1) is 2.00.